The maximum Gasteiger partial charge on any atom is 0.407 e. The summed E-state index contributed by atoms with van der Waals surface area (Å²) in [5, 5.41) is 14.2. The Morgan fingerprint density at radius 2 is 1.93 bits per heavy atom. The molecule has 1 saturated heterocycles. The van der Waals surface area contributed by atoms with E-state index in [1.54, 1.807) is 36.7 Å². The van der Waals surface area contributed by atoms with Crippen LogP contribution in [0.1, 0.15) is 18.9 Å². The normalized spacial score (nSPS) is 16.2. The Labute approximate surface area is 163 Å². The summed E-state index contributed by atoms with van der Waals surface area (Å²) in [6.45, 7) is 0.946. The highest BCUT2D eigenvalue weighted by molar-refractivity contribution is 7.84. The minimum atomic E-state index is -1.05. The molecule has 146 valence electrons. The first kappa shape index (κ1) is 18.4. The van der Waals surface area contributed by atoms with E-state index in [9.17, 15) is 9.00 Å². The minimum absolute atomic E-state index is 0.0784. The van der Waals surface area contributed by atoms with Gasteiger partial charge in [-0.25, -0.2) is 19.4 Å². The maximum atomic E-state index is 11.5. The Bertz CT molecular complexity index is 1030. The van der Waals surface area contributed by atoms with Crippen molar-refractivity contribution < 1.29 is 18.8 Å². The van der Waals surface area contributed by atoms with Crippen LogP contribution in [-0.2, 0) is 10.8 Å². The SMILES string of the molecule is CS(=O)c1ccc(Oc2ncnc3c2cnn3C2CCN(C(=O)O)CC2)cc1. The van der Waals surface area contributed by atoms with Crippen molar-refractivity contribution in [3.05, 3.63) is 36.8 Å². The number of hydrogen-bond acceptors (Lipinski definition) is 6. The van der Waals surface area contributed by atoms with Crippen LogP contribution in [0, 0.1) is 0 Å². The number of amides is 1. The predicted octanol–water partition coefficient (Wildman–Crippen LogP) is 2.67. The number of carbonyl (C=O) groups is 1. The fourth-order valence-electron chi connectivity index (χ4n) is 3.30. The van der Waals surface area contributed by atoms with Gasteiger partial charge in [0.1, 0.15) is 17.5 Å². The molecule has 2 aromatic heterocycles. The zero-order valence-corrected chi connectivity index (χ0v) is 16.0. The Morgan fingerprint density at radius 1 is 1.21 bits per heavy atom. The number of fused-ring (bicyclic) bond motifs is 1. The summed E-state index contributed by atoms with van der Waals surface area (Å²) in [6, 6.07) is 7.08. The molecular formula is C18H19N5O4S. The van der Waals surface area contributed by atoms with Gasteiger partial charge < -0.3 is 14.7 Å². The molecule has 1 fully saturated rings. The lowest BCUT2D eigenvalue weighted by Gasteiger charge is -2.30. The number of hydrogen-bond donors (Lipinski definition) is 1. The summed E-state index contributed by atoms with van der Waals surface area (Å²) in [5.41, 5.74) is 0.657. The summed E-state index contributed by atoms with van der Waals surface area (Å²) in [6.07, 6.45) is 5.19. The van der Waals surface area contributed by atoms with Crippen molar-refractivity contribution in [1.82, 2.24) is 24.6 Å². The third-order valence-electron chi connectivity index (χ3n) is 4.81. The minimum Gasteiger partial charge on any atom is -0.465 e. The number of piperidine rings is 1. The number of nitrogens with zero attached hydrogens (tertiary/aromatic N) is 5. The van der Waals surface area contributed by atoms with Crippen molar-refractivity contribution in [3.8, 4) is 11.6 Å². The molecule has 1 atom stereocenters. The molecule has 1 aromatic carbocycles. The predicted molar refractivity (Wildman–Crippen MR) is 102 cm³/mol. The summed E-state index contributed by atoms with van der Waals surface area (Å²) in [7, 11) is -1.05. The Hall–Kier alpha value is -3.01. The second-order valence-electron chi connectivity index (χ2n) is 6.53. The van der Waals surface area contributed by atoms with Gasteiger partial charge in [0.05, 0.1) is 12.2 Å². The fraction of sp³-hybridized carbons (Fsp3) is 0.333. The molecule has 0 bridgehead atoms. The van der Waals surface area contributed by atoms with Crippen LogP contribution >= 0.6 is 0 Å². The quantitative estimate of drug-likeness (QED) is 0.715. The molecule has 10 heteroatoms. The van der Waals surface area contributed by atoms with Gasteiger partial charge >= 0.3 is 6.09 Å². The number of benzene rings is 1. The first-order valence-electron chi connectivity index (χ1n) is 8.80. The van der Waals surface area contributed by atoms with Gasteiger partial charge in [0.15, 0.2) is 5.65 Å². The second-order valence-corrected chi connectivity index (χ2v) is 7.91. The lowest BCUT2D eigenvalue weighted by molar-refractivity contribution is 0.124. The smallest absolute Gasteiger partial charge is 0.407 e. The van der Waals surface area contributed by atoms with Crippen LogP contribution in [-0.4, -0.2) is 59.4 Å². The third kappa shape index (κ3) is 3.55. The summed E-state index contributed by atoms with van der Waals surface area (Å²) < 4.78 is 19.2. The van der Waals surface area contributed by atoms with Crippen molar-refractivity contribution in [2.24, 2.45) is 0 Å². The molecule has 0 aliphatic carbocycles. The molecule has 0 radical (unpaired) electrons. The van der Waals surface area contributed by atoms with Crippen molar-refractivity contribution in [2.45, 2.75) is 23.8 Å². The van der Waals surface area contributed by atoms with E-state index in [4.69, 9.17) is 9.84 Å². The van der Waals surface area contributed by atoms with Crippen molar-refractivity contribution in [3.63, 3.8) is 0 Å². The van der Waals surface area contributed by atoms with E-state index in [-0.39, 0.29) is 6.04 Å². The van der Waals surface area contributed by atoms with E-state index in [1.807, 2.05) is 4.68 Å². The van der Waals surface area contributed by atoms with Crippen LogP contribution < -0.4 is 4.74 Å². The first-order chi connectivity index (χ1) is 13.5. The zero-order valence-electron chi connectivity index (χ0n) is 15.2. The van der Waals surface area contributed by atoms with Crippen LogP contribution in [0.3, 0.4) is 0 Å². The monoisotopic (exact) mass is 401 g/mol. The lowest BCUT2D eigenvalue weighted by Crippen LogP contribution is -2.38. The Kier molecular flexibility index (Phi) is 4.95. The number of likely N-dealkylation sites (tertiary alicyclic amines) is 1. The number of aromatic nitrogens is 4. The summed E-state index contributed by atoms with van der Waals surface area (Å²) in [4.78, 5) is 21.8. The molecule has 9 nitrogen and oxygen atoms in total. The van der Waals surface area contributed by atoms with Crippen molar-refractivity contribution in [1.29, 1.82) is 0 Å². The molecule has 0 spiro atoms. The number of rotatable bonds is 4. The molecule has 1 unspecified atom stereocenters. The van der Waals surface area contributed by atoms with Gasteiger partial charge in [-0.3, -0.25) is 4.21 Å². The highest BCUT2D eigenvalue weighted by atomic mass is 32.2. The standard InChI is InChI=1S/C18H19N5O4S/c1-28(26)14-4-2-13(3-5-14)27-17-15-10-21-23(16(15)19-11-20-17)12-6-8-22(9-7-12)18(24)25/h2-5,10-12H,6-9H2,1H3,(H,24,25). The first-order valence-corrected chi connectivity index (χ1v) is 10.4. The third-order valence-corrected chi connectivity index (χ3v) is 5.74. The fourth-order valence-corrected chi connectivity index (χ4v) is 3.82. The molecular weight excluding hydrogens is 382 g/mol. The van der Waals surface area contributed by atoms with E-state index < -0.39 is 16.9 Å². The lowest BCUT2D eigenvalue weighted by atomic mass is 10.1. The van der Waals surface area contributed by atoms with Gasteiger partial charge in [-0.2, -0.15) is 5.10 Å². The molecule has 1 amide bonds. The topological polar surface area (TPSA) is 110 Å². The van der Waals surface area contributed by atoms with E-state index in [0.717, 1.165) is 4.90 Å². The molecule has 1 aliphatic rings. The van der Waals surface area contributed by atoms with Gasteiger partial charge in [-0.05, 0) is 37.1 Å². The van der Waals surface area contributed by atoms with Crippen molar-refractivity contribution in [2.75, 3.05) is 19.3 Å². The van der Waals surface area contributed by atoms with Crippen LogP contribution in [0.25, 0.3) is 11.0 Å². The van der Waals surface area contributed by atoms with Gasteiger partial charge in [0, 0.05) is 35.0 Å². The van der Waals surface area contributed by atoms with Gasteiger partial charge in [0.2, 0.25) is 5.88 Å². The highest BCUT2D eigenvalue weighted by Crippen LogP contribution is 2.30. The average Bonchev–Trinajstić information content (AvgIpc) is 3.13. The molecule has 3 aromatic rings. The second kappa shape index (κ2) is 7.55. The van der Waals surface area contributed by atoms with Gasteiger partial charge in [-0.15, -0.1) is 0 Å². The Morgan fingerprint density at radius 3 is 2.57 bits per heavy atom. The molecule has 3 heterocycles. The van der Waals surface area contributed by atoms with Crippen LogP contribution in [0.2, 0.25) is 0 Å². The van der Waals surface area contributed by atoms with Crippen LogP contribution in [0.5, 0.6) is 11.6 Å². The van der Waals surface area contributed by atoms with Crippen LogP contribution in [0.4, 0.5) is 4.79 Å². The zero-order chi connectivity index (χ0) is 19.7. The van der Waals surface area contributed by atoms with Gasteiger partial charge in [-0.1, -0.05) is 0 Å². The summed E-state index contributed by atoms with van der Waals surface area (Å²) in [5.74, 6) is 0.973. The average molecular weight is 401 g/mol. The van der Waals surface area contributed by atoms with E-state index in [1.165, 1.54) is 11.2 Å². The molecule has 0 saturated carbocycles. The molecule has 4 rings (SSSR count). The van der Waals surface area contributed by atoms with Gasteiger partial charge in [0.25, 0.3) is 0 Å². The largest absolute Gasteiger partial charge is 0.465 e. The summed E-state index contributed by atoms with van der Waals surface area (Å²) >= 11 is 0. The number of ether oxygens (including phenoxy) is 1. The van der Waals surface area contributed by atoms with E-state index in [0.29, 0.717) is 48.6 Å². The van der Waals surface area contributed by atoms with E-state index >= 15 is 0 Å². The van der Waals surface area contributed by atoms with Crippen molar-refractivity contribution >= 4 is 27.9 Å². The highest BCUT2D eigenvalue weighted by Gasteiger charge is 2.26. The molecule has 1 aliphatic heterocycles. The molecule has 28 heavy (non-hydrogen) atoms. The molecule has 1 N–H and O–H groups in total. The van der Waals surface area contributed by atoms with Crippen LogP contribution in [0.15, 0.2) is 41.7 Å². The maximum absolute atomic E-state index is 11.5. The number of carboxylic acid groups (broad SMARTS) is 1. The van der Waals surface area contributed by atoms with E-state index in [2.05, 4.69) is 15.1 Å². The Balaban J connectivity index is 1.57.